The van der Waals surface area contributed by atoms with Crippen LogP contribution in [0.25, 0.3) is 5.78 Å². The molecule has 0 radical (unpaired) electrons. The van der Waals surface area contributed by atoms with Crippen molar-refractivity contribution in [3.05, 3.63) is 47.5 Å². The van der Waals surface area contributed by atoms with Crippen molar-refractivity contribution in [3.63, 3.8) is 0 Å². The second-order valence-corrected chi connectivity index (χ2v) is 5.67. The van der Waals surface area contributed by atoms with Gasteiger partial charge in [-0.25, -0.2) is 9.50 Å². The van der Waals surface area contributed by atoms with E-state index in [0.29, 0.717) is 5.78 Å². The number of nitrogens with zero attached hydrogens (tertiary/aromatic N) is 5. The Kier molecular flexibility index (Phi) is 3.64. The van der Waals surface area contributed by atoms with E-state index >= 15 is 0 Å². The number of aromatic nitrogens is 5. The smallest absolute Gasteiger partial charge is 0.253 e. The molecule has 0 aromatic carbocycles. The molecule has 20 heavy (non-hydrogen) atoms. The molecule has 0 saturated carbocycles. The quantitative estimate of drug-likeness (QED) is 0.689. The Labute approximate surface area is 121 Å². The average molecular weight is 285 g/mol. The Morgan fingerprint density at radius 3 is 2.95 bits per heavy atom. The maximum atomic E-state index is 4.47. The molecule has 0 atom stereocenters. The molecule has 3 aromatic heterocycles. The van der Waals surface area contributed by atoms with E-state index in [4.69, 9.17) is 0 Å². The topological polar surface area (TPSA) is 56.0 Å². The number of thioether (sulfide) groups is 1. The van der Waals surface area contributed by atoms with Crippen molar-refractivity contribution in [3.8, 4) is 0 Å². The van der Waals surface area contributed by atoms with Gasteiger partial charge in [-0.05, 0) is 38.0 Å². The zero-order chi connectivity index (χ0) is 13.9. The maximum absolute atomic E-state index is 4.47. The third-order valence-electron chi connectivity index (χ3n) is 2.94. The van der Waals surface area contributed by atoms with Crippen LogP contribution in [0.4, 0.5) is 0 Å². The first kappa shape index (κ1) is 13.1. The molecule has 0 N–H and O–H groups in total. The van der Waals surface area contributed by atoms with Gasteiger partial charge in [0.15, 0.2) is 0 Å². The van der Waals surface area contributed by atoms with Crippen molar-refractivity contribution >= 4 is 17.5 Å². The van der Waals surface area contributed by atoms with Crippen LogP contribution in [0.15, 0.2) is 35.7 Å². The summed E-state index contributed by atoms with van der Waals surface area (Å²) < 4.78 is 1.79. The normalized spacial score (nSPS) is 11.1. The lowest BCUT2D eigenvalue weighted by molar-refractivity contribution is 0.843. The monoisotopic (exact) mass is 285 g/mol. The Balaban J connectivity index is 1.70. The van der Waals surface area contributed by atoms with Crippen molar-refractivity contribution in [1.29, 1.82) is 0 Å². The van der Waals surface area contributed by atoms with E-state index in [1.54, 1.807) is 22.5 Å². The van der Waals surface area contributed by atoms with E-state index in [1.807, 2.05) is 32.2 Å². The van der Waals surface area contributed by atoms with Gasteiger partial charge in [-0.1, -0.05) is 17.8 Å². The van der Waals surface area contributed by atoms with E-state index < -0.39 is 0 Å². The van der Waals surface area contributed by atoms with Gasteiger partial charge >= 0.3 is 0 Å². The summed E-state index contributed by atoms with van der Waals surface area (Å²) in [7, 11) is 0. The summed E-state index contributed by atoms with van der Waals surface area (Å²) in [6, 6.07) is 6.05. The van der Waals surface area contributed by atoms with Gasteiger partial charge in [0.1, 0.15) is 0 Å². The number of fused-ring (bicyclic) bond motifs is 1. The molecular weight excluding hydrogens is 270 g/mol. The minimum absolute atomic E-state index is 0.673. The molecule has 3 rings (SSSR count). The maximum Gasteiger partial charge on any atom is 0.253 e. The van der Waals surface area contributed by atoms with E-state index in [2.05, 4.69) is 26.1 Å². The van der Waals surface area contributed by atoms with Crippen LogP contribution >= 0.6 is 11.8 Å². The zero-order valence-corrected chi connectivity index (χ0v) is 12.3. The molecule has 0 bridgehead atoms. The summed E-state index contributed by atoms with van der Waals surface area (Å²) in [4.78, 5) is 13.0. The van der Waals surface area contributed by atoms with Crippen molar-refractivity contribution in [2.24, 2.45) is 0 Å². The largest absolute Gasteiger partial charge is 0.264 e. The highest BCUT2D eigenvalue weighted by molar-refractivity contribution is 7.99. The number of hydrogen-bond donors (Lipinski definition) is 0. The van der Waals surface area contributed by atoms with Crippen LogP contribution in [0.3, 0.4) is 0 Å². The van der Waals surface area contributed by atoms with Crippen LogP contribution in [0.1, 0.15) is 17.0 Å². The van der Waals surface area contributed by atoms with Crippen molar-refractivity contribution in [1.82, 2.24) is 24.6 Å². The van der Waals surface area contributed by atoms with Gasteiger partial charge in [-0.3, -0.25) is 4.98 Å². The SMILES string of the molecule is Cc1cc(C)n2nc(SCCc3cccnc3)nc2n1. The molecule has 0 unspecified atom stereocenters. The van der Waals surface area contributed by atoms with Gasteiger partial charge in [-0.2, -0.15) is 4.98 Å². The van der Waals surface area contributed by atoms with Gasteiger partial charge in [0.2, 0.25) is 5.16 Å². The fourth-order valence-electron chi connectivity index (χ4n) is 2.02. The number of aryl methyl sites for hydroxylation is 3. The average Bonchev–Trinajstić information content (AvgIpc) is 2.83. The second kappa shape index (κ2) is 5.58. The fourth-order valence-corrected chi connectivity index (χ4v) is 2.82. The lowest BCUT2D eigenvalue weighted by Gasteiger charge is -1.98. The number of rotatable bonds is 4. The summed E-state index contributed by atoms with van der Waals surface area (Å²) in [6.07, 6.45) is 4.64. The van der Waals surface area contributed by atoms with Crippen LogP contribution in [0.2, 0.25) is 0 Å². The molecule has 102 valence electrons. The molecular formula is C14H15N5S. The van der Waals surface area contributed by atoms with E-state index in [-0.39, 0.29) is 0 Å². The molecule has 3 aromatic rings. The van der Waals surface area contributed by atoms with E-state index in [0.717, 1.165) is 28.7 Å². The van der Waals surface area contributed by atoms with Crippen LogP contribution in [-0.2, 0) is 6.42 Å². The molecule has 0 aliphatic rings. The minimum atomic E-state index is 0.673. The van der Waals surface area contributed by atoms with Gasteiger partial charge in [-0.15, -0.1) is 5.10 Å². The summed E-state index contributed by atoms with van der Waals surface area (Å²) in [5.41, 5.74) is 3.25. The highest BCUT2D eigenvalue weighted by atomic mass is 32.2. The number of pyridine rings is 1. The molecule has 0 saturated heterocycles. The third kappa shape index (κ3) is 2.80. The van der Waals surface area contributed by atoms with Crippen LogP contribution < -0.4 is 0 Å². The second-order valence-electron chi connectivity index (χ2n) is 4.60. The van der Waals surface area contributed by atoms with Gasteiger partial charge in [0, 0.05) is 29.5 Å². The molecule has 0 fully saturated rings. The Morgan fingerprint density at radius 2 is 2.15 bits per heavy atom. The molecule has 0 amide bonds. The molecule has 0 spiro atoms. The van der Waals surface area contributed by atoms with Crippen LogP contribution in [0, 0.1) is 13.8 Å². The van der Waals surface area contributed by atoms with E-state index in [1.165, 1.54) is 5.56 Å². The lowest BCUT2D eigenvalue weighted by Crippen LogP contribution is -1.97. The minimum Gasteiger partial charge on any atom is -0.264 e. The fraction of sp³-hybridized carbons (Fsp3) is 0.286. The summed E-state index contributed by atoms with van der Waals surface area (Å²) >= 11 is 1.64. The highest BCUT2D eigenvalue weighted by Gasteiger charge is 2.08. The van der Waals surface area contributed by atoms with Gasteiger partial charge in [0.25, 0.3) is 5.78 Å². The van der Waals surface area contributed by atoms with Crippen molar-refractivity contribution in [2.75, 3.05) is 5.75 Å². The van der Waals surface area contributed by atoms with Crippen molar-refractivity contribution < 1.29 is 0 Å². The zero-order valence-electron chi connectivity index (χ0n) is 11.4. The Hall–Kier alpha value is -1.95. The molecule has 0 aliphatic heterocycles. The number of hydrogen-bond acceptors (Lipinski definition) is 5. The summed E-state index contributed by atoms with van der Waals surface area (Å²) in [5.74, 6) is 1.60. The molecule has 0 aliphatic carbocycles. The van der Waals surface area contributed by atoms with Gasteiger partial charge < -0.3 is 0 Å². The molecule has 5 nitrogen and oxygen atoms in total. The lowest BCUT2D eigenvalue weighted by atomic mass is 10.2. The predicted molar refractivity (Wildman–Crippen MR) is 78.9 cm³/mol. The Morgan fingerprint density at radius 1 is 1.25 bits per heavy atom. The third-order valence-corrected chi connectivity index (χ3v) is 3.78. The molecule has 3 heterocycles. The van der Waals surface area contributed by atoms with Crippen LogP contribution in [-0.4, -0.2) is 30.3 Å². The van der Waals surface area contributed by atoms with E-state index in [9.17, 15) is 0 Å². The van der Waals surface area contributed by atoms with Gasteiger partial charge in [0.05, 0.1) is 0 Å². The van der Waals surface area contributed by atoms with Crippen LogP contribution in [0.5, 0.6) is 0 Å². The van der Waals surface area contributed by atoms with Crippen molar-refractivity contribution in [2.45, 2.75) is 25.4 Å². The summed E-state index contributed by atoms with van der Waals surface area (Å²) in [5, 5.41) is 5.25. The standard InChI is InChI=1S/C14H15N5S/c1-10-8-11(2)19-13(16-10)17-14(18-19)20-7-5-12-4-3-6-15-9-12/h3-4,6,8-9H,5,7H2,1-2H3. The first-order chi connectivity index (χ1) is 9.72. The highest BCUT2D eigenvalue weighted by Crippen LogP contribution is 2.16. The first-order valence-electron chi connectivity index (χ1n) is 6.45. The summed E-state index contributed by atoms with van der Waals surface area (Å²) in [6.45, 7) is 3.98. The molecule has 6 heteroatoms. The Bertz CT molecular complexity index is 723. The predicted octanol–water partition coefficient (Wildman–Crippen LogP) is 2.47. The first-order valence-corrected chi connectivity index (χ1v) is 7.43.